The summed E-state index contributed by atoms with van der Waals surface area (Å²) in [7, 11) is 4.91. The fourth-order valence-electron chi connectivity index (χ4n) is 11.3. The van der Waals surface area contributed by atoms with Crippen molar-refractivity contribution in [3.63, 3.8) is 0 Å². The van der Waals surface area contributed by atoms with Crippen molar-refractivity contribution < 1.29 is 68.0 Å². The molecule has 3 fully saturated rings. The first-order chi connectivity index (χ1) is 34.4. The number of carbonyl (C=O) groups is 3. The maximum Gasteiger partial charge on any atom is 0.311 e. The largest absolute Gasteiger partial charge is 0.459 e. The summed E-state index contributed by atoms with van der Waals surface area (Å²) < 4.78 is 44.7. The van der Waals surface area contributed by atoms with E-state index in [1.165, 1.54) is 26.7 Å². The molecule has 0 aliphatic carbocycles. The third-order valence-corrected chi connectivity index (χ3v) is 16.2. The fourth-order valence-corrected chi connectivity index (χ4v) is 11.3. The van der Waals surface area contributed by atoms with E-state index < -0.39 is 108 Å². The van der Waals surface area contributed by atoms with E-state index in [1.54, 1.807) is 54.7 Å². The third-order valence-electron chi connectivity index (χ3n) is 16.2. The van der Waals surface area contributed by atoms with E-state index in [0.717, 1.165) is 30.4 Å². The number of aliphatic hydroxyl groups is 4. The van der Waals surface area contributed by atoms with Gasteiger partial charge in [-0.1, -0.05) is 58.0 Å². The van der Waals surface area contributed by atoms with Crippen LogP contribution < -0.4 is 5.32 Å². The molecule has 5 N–H and O–H groups in total. The Kier molecular flexibility index (Phi) is 22.0. The molecule has 73 heavy (non-hydrogen) atoms. The zero-order valence-corrected chi connectivity index (χ0v) is 45.8. The van der Waals surface area contributed by atoms with Crippen LogP contribution in [0.1, 0.15) is 126 Å². The molecule has 3 saturated heterocycles. The molecule has 412 valence electrons. The van der Waals surface area contributed by atoms with Gasteiger partial charge in [-0.3, -0.25) is 19.4 Å². The zero-order valence-electron chi connectivity index (χ0n) is 45.8. The van der Waals surface area contributed by atoms with Gasteiger partial charge in [0.25, 0.3) is 0 Å². The monoisotopic (exact) mass is 1030 g/mol. The van der Waals surface area contributed by atoms with Crippen LogP contribution in [0.25, 0.3) is 11.1 Å². The highest BCUT2D eigenvalue weighted by Crippen LogP contribution is 2.42. The highest BCUT2D eigenvalue weighted by molar-refractivity contribution is 5.83. The number of rotatable bonds is 18. The summed E-state index contributed by atoms with van der Waals surface area (Å²) in [5.41, 5.74) is -0.948. The lowest BCUT2D eigenvalue weighted by atomic mass is 9.74. The molecule has 0 radical (unpaired) electrons. The molecule has 4 heterocycles. The molecule has 18 atom stereocenters. The number of benzene rings is 1. The van der Waals surface area contributed by atoms with Crippen LogP contribution in [-0.2, 0) is 54.0 Å². The molecule has 5 rings (SSSR count). The number of nitrogens with one attached hydrogen (secondary N) is 1. The number of aliphatic hydroxyl groups excluding tert-OH is 3. The van der Waals surface area contributed by atoms with Crippen LogP contribution in [-0.4, -0.2) is 167 Å². The van der Waals surface area contributed by atoms with Gasteiger partial charge in [0, 0.05) is 69.8 Å². The second kappa shape index (κ2) is 26.5. The Morgan fingerprint density at radius 3 is 2.18 bits per heavy atom. The van der Waals surface area contributed by atoms with Crippen molar-refractivity contribution >= 4 is 17.7 Å². The number of hydrogen-bond acceptors (Lipinski definition) is 16. The predicted molar refractivity (Wildman–Crippen MR) is 275 cm³/mol. The van der Waals surface area contributed by atoms with Crippen molar-refractivity contribution in [2.24, 2.45) is 23.7 Å². The number of likely N-dealkylation sites (N-methyl/N-ethyl adjacent to an activating group) is 1. The first-order valence-electron chi connectivity index (χ1n) is 26.6. The van der Waals surface area contributed by atoms with Crippen molar-refractivity contribution in [2.45, 2.75) is 211 Å². The van der Waals surface area contributed by atoms with Crippen LogP contribution >= 0.6 is 0 Å². The van der Waals surface area contributed by atoms with Crippen LogP contribution in [0.2, 0.25) is 0 Å². The smallest absolute Gasteiger partial charge is 0.311 e. The third kappa shape index (κ3) is 14.9. The maximum absolute atomic E-state index is 14.4. The summed E-state index contributed by atoms with van der Waals surface area (Å²) in [6.45, 7) is 18.1. The number of hydrogen-bond donors (Lipinski definition) is 5. The molecule has 2 aromatic rings. The lowest BCUT2D eigenvalue weighted by molar-refractivity contribution is -0.319. The second-order valence-electron chi connectivity index (χ2n) is 22.0. The highest BCUT2D eigenvalue weighted by atomic mass is 16.7. The zero-order chi connectivity index (χ0) is 54.0. The number of pyridine rings is 1. The molecule has 0 bridgehead atoms. The Hall–Kier alpha value is -3.46. The second-order valence-corrected chi connectivity index (χ2v) is 22.0. The topological polar surface area (TPSA) is 225 Å². The standard InChI is InChI=1S/C56H89N3O14/c1-14-43-56(10,66)49(63)35(4)46(61)33(2)30-55(9,68-13)51(36(5)48(37(6)52(65)71-43)72-45-31-54(8,67-12)50(64)38(7)70-45)73-53-47(62)42(29-34(3)69-53)59(11)28-18-21-44(60)58-27-16-15-19-39-22-24-40(25-23-39)41-20-17-26-57-32-41/h17,20,22-26,32-38,42-43,45,47-51,53,62-64,66H,14-16,18-19,21,27-31H2,1-13H3,(H,58,60)/t33-,34-,35+,36+,37-,38+,42+,43-,45+,47-,48+,49-,50+,51-,53-,54-,55-,56-/m1/s1. The van der Waals surface area contributed by atoms with E-state index in [4.69, 9.17) is 33.2 Å². The quantitative estimate of drug-likeness (QED) is 0.0880. The molecule has 0 spiro atoms. The highest BCUT2D eigenvalue weighted by Gasteiger charge is 2.54. The Labute approximate surface area is 434 Å². The molecule has 1 aromatic heterocycles. The molecule has 0 unspecified atom stereocenters. The Morgan fingerprint density at radius 1 is 0.863 bits per heavy atom. The van der Waals surface area contributed by atoms with Gasteiger partial charge in [-0.05, 0) is 123 Å². The van der Waals surface area contributed by atoms with Crippen LogP contribution in [0.3, 0.4) is 0 Å². The minimum atomic E-state index is -2.00. The van der Waals surface area contributed by atoms with Crippen molar-refractivity contribution in [3.05, 3.63) is 54.4 Å². The fraction of sp³-hybridized carbons (Fsp3) is 0.750. The molecule has 17 heteroatoms. The molecule has 1 aromatic carbocycles. The van der Waals surface area contributed by atoms with Gasteiger partial charge in [0.2, 0.25) is 5.91 Å². The molecule has 3 aliphatic heterocycles. The van der Waals surface area contributed by atoms with E-state index in [2.05, 4.69) is 34.6 Å². The van der Waals surface area contributed by atoms with Gasteiger partial charge in [-0.2, -0.15) is 0 Å². The first kappa shape index (κ1) is 60.4. The number of Topliss-reactive ketones (excluding diaryl/α,β-unsaturated/α-hetero) is 1. The number of cyclic esters (lactones) is 1. The number of ether oxygens (including phenoxy) is 7. The number of aromatic nitrogens is 1. The number of unbranched alkanes of at least 4 members (excludes halogenated alkanes) is 1. The molecular formula is C56H89N3O14. The van der Waals surface area contributed by atoms with Crippen LogP contribution in [0.5, 0.6) is 0 Å². The van der Waals surface area contributed by atoms with Gasteiger partial charge in [0.15, 0.2) is 12.6 Å². The Bertz CT molecular complexity index is 2050. The van der Waals surface area contributed by atoms with E-state index in [9.17, 15) is 34.8 Å². The number of methoxy groups -OCH3 is 2. The summed E-state index contributed by atoms with van der Waals surface area (Å²) in [4.78, 5) is 47.9. The number of amides is 1. The average molecular weight is 1030 g/mol. The SMILES string of the molecule is CC[C@H]1OC(=O)[C@H](C)[C@@H](O[C@H]2C[C@@](C)(OC)[C@@H](O)[C@H](C)O2)[C@H](C)[C@@H](O[C@H]2O[C@H](C)C[C@H](N(C)CCCC(=O)NCCCCc3ccc(-c4cccnc4)cc3)[C@H]2O)[C@](C)(OC)C[C@@H](C)C(=O)[C@H](C)[C@@H](O)[C@]1(C)O. The van der Waals surface area contributed by atoms with Crippen LogP contribution in [0.15, 0.2) is 48.8 Å². The molecular weight excluding hydrogens is 939 g/mol. The van der Waals surface area contributed by atoms with Crippen molar-refractivity contribution in [3.8, 4) is 11.1 Å². The van der Waals surface area contributed by atoms with Gasteiger partial charge in [-0.25, -0.2) is 0 Å². The van der Waals surface area contributed by atoms with Crippen molar-refractivity contribution in [1.82, 2.24) is 15.2 Å². The van der Waals surface area contributed by atoms with E-state index in [-0.39, 0.29) is 37.1 Å². The summed E-state index contributed by atoms with van der Waals surface area (Å²) in [6, 6.07) is 12.0. The van der Waals surface area contributed by atoms with Gasteiger partial charge < -0.3 is 63.8 Å². The van der Waals surface area contributed by atoms with Gasteiger partial charge >= 0.3 is 5.97 Å². The summed E-state index contributed by atoms with van der Waals surface area (Å²) in [5, 5.41) is 49.8. The molecule has 0 saturated carbocycles. The van der Waals surface area contributed by atoms with Gasteiger partial charge in [0.1, 0.15) is 29.7 Å². The van der Waals surface area contributed by atoms with Crippen molar-refractivity contribution in [2.75, 3.05) is 34.4 Å². The lowest BCUT2D eigenvalue weighted by Gasteiger charge is -2.50. The van der Waals surface area contributed by atoms with E-state index >= 15 is 0 Å². The minimum absolute atomic E-state index is 0.0313. The van der Waals surface area contributed by atoms with Crippen molar-refractivity contribution in [1.29, 1.82) is 0 Å². The summed E-state index contributed by atoms with van der Waals surface area (Å²) in [5.74, 6) is -4.77. The summed E-state index contributed by atoms with van der Waals surface area (Å²) in [6.07, 6.45) is -2.41. The van der Waals surface area contributed by atoms with Gasteiger partial charge in [-0.15, -0.1) is 0 Å². The van der Waals surface area contributed by atoms with E-state index in [0.29, 0.717) is 32.4 Å². The number of aryl methyl sites for hydroxylation is 1. The average Bonchev–Trinajstić information content (AvgIpc) is 3.37. The minimum Gasteiger partial charge on any atom is -0.459 e. The van der Waals surface area contributed by atoms with Crippen LogP contribution in [0.4, 0.5) is 0 Å². The van der Waals surface area contributed by atoms with Gasteiger partial charge in [0.05, 0.1) is 47.6 Å². The Morgan fingerprint density at radius 2 is 1.55 bits per heavy atom. The lowest BCUT2D eigenvalue weighted by Crippen LogP contribution is -2.61. The molecule has 17 nitrogen and oxygen atoms in total. The Balaban J connectivity index is 1.32. The molecule has 1 amide bonds. The number of nitrogens with zero attached hydrogens (tertiary/aromatic N) is 2. The first-order valence-corrected chi connectivity index (χ1v) is 26.6. The maximum atomic E-state index is 14.4. The predicted octanol–water partition coefficient (Wildman–Crippen LogP) is 5.79. The number of ketones is 1. The van der Waals surface area contributed by atoms with Crippen LogP contribution in [0, 0.1) is 23.7 Å². The van der Waals surface area contributed by atoms with E-state index in [1.807, 2.05) is 44.1 Å². The normalized spacial score (nSPS) is 38.1. The molecule has 3 aliphatic rings. The number of carbonyl (C=O) groups excluding carboxylic acids is 3. The summed E-state index contributed by atoms with van der Waals surface area (Å²) >= 11 is 0. The number of esters is 1.